The molecule has 3 radical (unpaired) electrons. The summed E-state index contributed by atoms with van der Waals surface area (Å²) < 4.78 is 0. The Morgan fingerprint density at radius 1 is 1.25 bits per heavy atom. The molecule has 0 spiro atoms. The van der Waals surface area contributed by atoms with E-state index in [-0.39, 0.29) is 51.9 Å². The van der Waals surface area contributed by atoms with Crippen molar-refractivity contribution >= 4 is 56.5 Å². The Bertz CT molecular complexity index is 8.00. The van der Waals surface area contributed by atoms with Gasteiger partial charge in [-0.05, 0) is 0 Å². The van der Waals surface area contributed by atoms with Crippen LogP contribution in [0, 0.1) is 0 Å². The number of hydrogen-bond acceptors (Lipinski definition) is 1. The van der Waals surface area contributed by atoms with Crippen molar-refractivity contribution in [1.82, 2.24) is 0 Å². The third kappa shape index (κ3) is 8.82. The van der Waals surface area contributed by atoms with Gasteiger partial charge in [0.15, 0.2) is 0 Å². The standard InChI is InChI=1S/Ag.Ga.Na.S. The van der Waals surface area contributed by atoms with Crippen LogP contribution in [0.5, 0.6) is 0 Å². The van der Waals surface area contributed by atoms with Crippen molar-refractivity contribution in [2.45, 2.75) is 0 Å². The van der Waals surface area contributed by atoms with Crippen LogP contribution in [0.15, 0.2) is 0 Å². The first-order valence-electron chi connectivity index (χ1n) is 0.236. The summed E-state index contributed by atoms with van der Waals surface area (Å²) >= 11 is 1.27. The van der Waals surface area contributed by atoms with E-state index in [9.17, 15) is 0 Å². The summed E-state index contributed by atoms with van der Waals surface area (Å²) in [6.45, 7) is 0. The first-order valence-corrected chi connectivity index (χ1v) is 3.67. The molecule has 0 nitrogen and oxygen atoms in total. The maximum absolute atomic E-state index is 4.15. The molecule has 21 valence electrons. The van der Waals surface area contributed by atoms with E-state index in [1.54, 1.807) is 0 Å². The third-order valence-corrected chi connectivity index (χ3v) is 0. The molecule has 0 heterocycles. The minimum atomic E-state index is 0. The van der Waals surface area contributed by atoms with E-state index in [0.29, 0.717) is 0 Å². The van der Waals surface area contributed by atoms with Crippen molar-refractivity contribution in [2.75, 3.05) is 0 Å². The Hall–Kier alpha value is 2.60. The second-order valence-corrected chi connectivity index (χ2v) is 0. The molecule has 0 atom stereocenters. The van der Waals surface area contributed by atoms with E-state index >= 15 is 0 Å². The average molecular weight is 233 g/mol. The van der Waals surface area contributed by atoms with Gasteiger partial charge >= 0.3 is 26.9 Å². The van der Waals surface area contributed by atoms with E-state index in [2.05, 4.69) is 10.1 Å². The molecular formula is AgGaNaS. The minimum absolute atomic E-state index is 0. The maximum atomic E-state index is 4.15. The van der Waals surface area contributed by atoms with Gasteiger partial charge < -0.3 is 0 Å². The molecule has 0 amide bonds. The molecule has 0 aliphatic heterocycles. The molecule has 0 rings (SSSR count). The summed E-state index contributed by atoms with van der Waals surface area (Å²) in [7, 11) is 4.15. The van der Waals surface area contributed by atoms with Crippen LogP contribution in [-0.2, 0) is 22.4 Å². The SMILES string of the molecule is [Ag].[Na].[S]=[Ga]. The molecule has 0 aromatic heterocycles. The van der Waals surface area contributed by atoms with Gasteiger partial charge in [-0.15, -0.1) is 0 Å². The summed E-state index contributed by atoms with van der Waals surface area (Å²) in [5.74, 6) is 0. The molecule has 0 aromatic rings. The first kappa shape index (κ1) is 16.0. The molecule has 4 heavy (non-hydrogen) atoms. The second-order valence-electron chi connectivity index (χ2n) is 0. The summed E-state index contributed by atoms with van der Waals surface area (Å²) in [6.07, 6.45) is 0. The van der Waals surface area contributed by atoms with Crippen LogP contribution in [0.25, 0.3) is 0 Å². The van der Waals surface area contributed by atoms with Gasteiger partial charge in [0.25, 0.3) is 0 Å². The molecular weight excluding hydrogens is 233 g/mol. The molecule has 0 bridgehead atoms. The van der Waals surface area contributed by atoms with Crippen molar-refractivity contribution < 1.29 is 22.4 Å². The zero-order chi connectivity index (χ0) is 2.00. The fourth-order valence-corrected chi connectivity index (χ4v) is 0. The molecule has 0 aliphatic carbocycles. The van der Waals surface area contributed by atoms with Gasteiger partial charge in [0.1, 0.15) is 0 Å². The number of hydrogen-bond donors (Lipinski definition) is 0. The predicted octanol–water partition coefficient (Wildman–Crippen LogP) is -0.116. The van der Waals surface area contributed by atoms with Gasteiger partial charge in [0.2, 0.25) is 0 Å². The fraction of sp³-hybridized carbons (Fsp3) is 0. The Morgan fingerprint density at radius 2 is 1.25 bits per heavy atom. The van der Waals surface area contributed by atoms with Crippen LogP contribution in [0.1, 0.15) is 0 Å². The quantitative estimate of drug-likeness (QED) is 0.525. The van der Waals surface area contributed by atoms with Gasteiger partial charge in [-0.25, -0.2) is 0 Å². The average Bonchev–Trinajstić information content (AvgIpc) is 1.00. The number of rotatable bonds is 0. The molecule has 0 N–H and O–H groups in total. The monoisotopic (exact) mass is 231 g/mol. The van der Waals surface area contributed by atoms with Crippen LogP contribution in [0.2, 0.25) is 0 Å². The molecule has 4 heteroatoms. The summed E-state index contributed by atoms with van der Waals surface area (Å²) in [5.41, 5.74) is 0. The zero-order valence-electron chi connectivity index (χ0n) is 2.29. The van der Waals surface area contributed by atoms with Crippen molar-refractivity contribution in [2.24, 2.45) is 0 Å². The van der Waals surface area contributed by atoms with Crippen LogP contribution >= 0.6 is 10.1 Å². The van der Waals surface area contributed by atoms with Crippen LogP contribution in [0.4, 0.5) is 0 Å². The summed E-state index contributed by atoms with van der Waals surface area (Å²) in [4.78, 5) is 0. The van der Waals surface area contributed by atoms with Crippen LogP contribution in [-0.4, -0.2) is 46.4 Å². The fourth-order valence-electron chi connectivity index (χ4n) is 0. The van der Waals surface area contributed by atoms with Crippen LogP contribution < -0.4 is 0 Å². The van der Waals surface area contributed by atoms with Crippen molar-refractivity contribution in [1.29, 1.82) is 0 Å². The molecule has 0 aromatic carbocycles. The Labute approximate surface area is 77.4 Å². The zero-order valence-corrected chi connectivity index (χ0v) is 9.01. The summed E-state index contributed by atoms with van der Waals surface area (Å²) in [5, 5.41) is 0. The molecule has 0 saturated heterocycles. The van der Waals surface area contributed by atoms with Crippen LogP contribution in [0.3, 0.4) is 0 Å². The predicted molar refractivity (Wildman–Crippen MR) is 19.1 cm³/mol. The first-order chi connectivity index (χ1) is 1.00. The van der Waals surface area contributed by atoms with Gasteiger partial charge in [0.05, 0.1) is 0 Å². The topological polar surface area (TPSA) is 0 Å². The summed E-state index contributed by atoms with van der Waals surface area (Å²) in [6, 6.07) is 0. The Kier molecular flexibility index (Phi) is 70.0. The van der Waals surface area contributed by atoms with Gasteiger partial charge in [-0.3, -0.25) is 0 Å². The van der Waals surface area contributed by atoms with Gasteiger partial charge in [-0.1, -0.05) is 0 Å². The van der Waals surface area contributed by atoms with E-state index in [1.807, 2.05) is 0 Å². The van der Waals surface area contributed by atoms with Crippen molar-refractivity contribution in [3.63, 3.8) is 0 Å². The molecule has 0 saturated carbocycles. The molecule has 0 fully saturated rings. The van der Waals surface area contributed by atoms with E-state index < -0.39 is 0 Å². The van der Waals surface area contributed by atoms with E-state index in [0.717, 1.165) is 0 Å². The van der Waals surface area contributed by atoms with Crippen molar-refractivity contribution in [3.8, 4) is 0 Å². The third-order valence-electron chi connectivity index (χ3n) is 0. The second kappa shape index (κ2) is 17.5. The Balaban J connectivity index is -0.00000000500. The van der Waals surface area contributed by atoms with Gasteiger partial charge in [-0.2, -0.15) is 0 Å². The molecule has 0 aliphatic rings. The van der Waals surface area contributed by atoms with Crippen molar-refractivity contribution in [3.05, 3.63) is 0 Å². The van der Waals surface area contributed by atoms with Gasteiger partial charge in [0, 0.05) is 51.9 Å². The molecule has 0 unspecified atom stereocenters. The normalized spacial score (nSPS) is 0.750. The Morgan fingerprint density at radius 3 is 1.25 bits per heavy atom. The van der Waals surface area contributed by atoms with E-state index in [4.69, 9.17) is 0 Å². The van der Waals surface area contributed by atoms with E-state index in [1.165, 1.54) is 16.8 Å².